The Balaban J connectivity index is 2.51. The highest BCUT2D eigenvalue weighted by atomic mass is 16.2. The third kappa shape index (κ3) is 5.43. The fraction of sp³-hybridized carbons (Fsp3) is 0.562. The van der Waals surface area contributed by atoms with E-state index in [9.17, 15) is 4.79 Å². The Kier molecular flexibility index (Phi) is 7.19. The van der Waals surface area contributed by atoms with Crippen LogP contribution >= 0.6 is 0 Å². The minimum Gasteiger partial charge on any atom is -0.342 e. The minimum absolute atomic E-state index is 0.248. The van der Waals surface area contributed by atoms with Gasteiger partial charge in [0.25, 0.3) is 0 Å². The molecule has 0 aliphatic rings. The van der Waals surface area contributed by atoms with Crippen LogP contribution in [-0.4, -0.2) is 37.5 Å². The van der Waals surface area contributed by atoms with Crippen molar-refractivity contribution in [1.29, 1.82) is 0 Å². The predicted octanol–water partition coefficient (Wildman–Crippen LogP) is 2.47. The van der Waals surface area contributed by atoms with Crippen LogP contribution in [-0.2, 0) is 11.2 Å². The van der Waals surface area contributed by atoms with Crippen molar-refractivity contribution in [2.75, 3.05) is 20.6 Å². The number of likely N-dealkylation sites (N-methyl/N-ethyl adjacent to an activating group) is 1. The van der Waals surface area contributed by atoms with Crippen LogP contribution in [0.3, 0.4) is 0 Å². The summed E-state index contributed by atoms with van der Waals surface area (Å²) in [7, 11) is 3.84. The summed E-state index contributed by atoms with van der Waals surface area (Å²) in [6.45, 7) is 3.04. The van der Waals surface area contributed by atoms with E-state index in [1.165, 1.54) is 5.56 Å². The summed E-state index contributed by atoms with van der Waals surface area (Å²) >= 11 is 0. The maximum absolute atomic E-state index is 12.1. The molecule has 1 unspecified atom stereocenters. The molecule has 1 atom stereocenters. The molecule has 1 rings (SSSR count). The molecule has 0 heterocycles. The van der Waals surface area contributed by atoms with E-state index in [1.807, 2.05) is 25.1 Å². The largest absolute Gasteiger partial charge is 0.342 e. The zero-order valence-corrected chi connectivity index (χ0v) is 12.4. The van der Waals surface area contributed by atoms with Gasteiger partial charge in [0.1, 0.15) is 0 Å². The highest BCUT2D eigenvalue weighted by Crippen LogP contribution is 2.12. The molecule has 3 heteroatoms. The van der Waals surface area contributed by atoms with Gasteiger partial charge in [0.05, 0.1) is 0 Å². The van der Waals surface area contributed by atoms with Crippen molar-refractivity contribution < 1.29 is 4.79 Å². The van der Waals surface area contributed by atoms with Crippen LogP contribution in [0.15, 0.2) is 30.3 Å². The average Bonchev–Trinajstić information content (AvgIpc) is 2.45. The molecule has 0 spiro atoms. The Morgan fingerprint density at radius 2 is 2.00 bits per heavy atom. The Bertz CT molecular complexity index is 364. The first-order valence-electron chi connectivity index (χ1n) is 7.13. The molecule has 0 aliphatic heterocycles. The van der Waals surface area contributed by atoms with Crippen LogP contribution in [0.25, 0.3) is 0 Å². The second kappa shape index (κ2) is 8.70. The third-order valence-electron chi connectivity index (χ3n) is 3.54. The van der Waals surface area contributed by atoms with Crippen LogP contribution in [0.4, 0.5) is 0 Å². The normalized spacial score (nSPS) is 12.2. The van der Waals surface area contributed by atoms with E-state index >= 15 is 0 Å². The van der Waals surface area contributed by atoms with Gasteiger partial charge in [-0.1, -0.05) is 37.3 Å². The van der Waals surface area contributed by atoms with Crippen molar-refractivity contribution in [1.82, 2.24) is 10.2 Å². The number of rotatable bonds is 8. The molecule has 0 saturated heterocycles. The summed E-state index contributed by atoms with van der Waals surface area (Å²) in [6, 6.07) is 10.7. The van der Waals surface area contributed by atoms with Gasteiger partial charge >= 0.3 is 0 Å². The van der Waals surface area contributed by atoms with Crippen molar-refractivity contribution in [3.63, 3.8) is 0 Å². The van der Waals surface area contributed by atoms with Crippen molar-refractivity contribution >= 4 is 5.91 Å². The van der Waals surface area contributed by atoms with Gasteiger partial charge in [0, 0.05) is 19.5 Å². The molecule has 0 fully saturated rings. The molecule has 0 bridgehead atoms. The fourth-order valence-electron chi connectivity index (χ4n) is 2.24. The minimum atomic E-state index is 0.248. The zero-order valence-electron chi connectivity index (χ0n) is 12.4. The monoisotopic (exact) mass is 262 g/mol. The molecule has 106 valence electrons. The van der Waals surface area contributed by atoms with Crippen LogP contribution < -0.4 is 5.32 Å². The number of benzene rings is 1. The third-order valence-corrected chi connectivity index (χ3v) is 3.54. The van der Waals surface area contributed by atoms with E-state index in [0.717, 1.165) is 25.8 Å². The molecule has 0 aliphatic carbocycles. The maximum Gasteiger partial charge on any atom is 0.222 e. The summed E-state index contributed by atoms with van der Waals surface area (Å²) in [5, 5.41) is 3.07. The van der Waals surface area contributed by atoms with Crippen molar-refractivity contribution in [2.24, 2.45) is 0 Å². The second-order valence-electron chi connectivity index (χ2n) is 4.96. The van der Waals surface area contributed by atoms with E-state index in [0.29, 0.717) is 12.5 Å². The first kappa shape index (κ1) is 15.7. The fourth-order valence-corrected chi connectivity index (χ4v) is 2.24. The molecule has 1 amide bonds. The molecule has 3 nitrogen and oxygen atoms in total. The first-order valence-corrected chi connectivity index (χ1v) is 7.13. The Labute approximate surface area is 117 Å². The smallest absolute Gasteiger partial charge is 0.222 e. The van der Waals surface area contributed by atoms with Gasteiger partial charge in [-0.2, -0.15) is 0 Å². The van der Waals surface area contributed by atoms with Crippen molar-refractivity contribution in [3.8, 4) is 0 Å². The molecule has 19 heavy (non-hydrogen) atoms. The Hall–Kier alpha value is -1.35. The highest BCUT2D eigenvalue weighted by Gasteiger charge is 2.18. The molecule has 0 saturated carbocycles. The van der Waals surface area contributed by atoms with E-state index < -0.39 is 0 Å². The lowest BCUT2D eigenvalue weighted by atomic mass is 10.0. The lowest BCUT2D eigenvalue weighted by Gasteiger charge is -2.27. The number of hydrogen-bond acceptors (Lipinski definition) is 2. The van der Waals surface area contributed by atoms with Crippen LogP contribution in [0.2, 0.25) is 0 Å². The SMILES string of the molecule is CCC(Cc1ccccc1)N(C)C(=O)CCCNC. The van der Waals surface area contributed by atoms with Crippen LogP contribution in [0.1, 0.15) is 31.7 Å². The van der Waals surface area contributed by atoms with Crippen molar-refractivity contribution in [3.05, 3.63) is 35.9 Å². The summed E-state index contributed by atoms with van der Waals surface area (Å²) < 4.78 is 0. The Morgan fingerprint density at radius 1 is 1.32 bits per heavy atom. The average molecular weight is 262 g/mol. The topological polar surface area (TPSA) is 32.3 Å². The number of hydrogen-bond donors (Lipinski definition) is 1. The molecule has 1 N–H and O–H groups in total. The lowest BCUT2D eigenvalue weighted by molar-refractivity contribution is -0.132. The number of carbonyl (C=O) groups is 1. The second-order valence-corrected chi connectivity index (χ2v) is 4.96. The summed E-state index contributed by atoms with van der Waals surface area (Å²) in [4.78, 5) is 14.0. The lowest BCUT2D eigenvalue weighted by Crippen LogP contribution is -2.38. The van der Waals surface area contributed by atoms with Gasteiger partial charge in [0.2, 0.25) is 5.91 Å². The summed E-state index contributed by atoms with van der Waals surface area (Å²) in [6.07, 6.45) is 3.46. The number of amides is 1. The van der Waals surface area contributed by atoms with E-state index in [1.54, 1.807) is 0 Å². The highest BCUT2D eigenvalue weighted by molar-refractivity contribution is 5.76. The van der Waals surface area contributed by atoms with E-state index in [-0.39, 0.29) is 5.91 Å². The van der Waals surface area contributed by atoms with Gasteiger partial charge < -0.3 is 10.2 Å². The molecule has 0 aromatic heterocycles. The van der Waals surface area contributed by atoms with Gasteiger partial charge in [0.15, 0.2) is 0 Å². The van der Waals surface area contributed by atoms with Gasteiger partial charge in [-0.15, -0.1) is 0 Å². The molecular formula is C16H26N2O. The van der Waals surface area contributed by atoms with E-state index in [4.69, 9.17) is 0 Å². The summed E-state index contributed by atoms with van der Waals surface area (Å²) in [5.74, 6) is 0.248. The first-order chi connectivity index (χ1) is 9.19. The van der Waals surface area contributed by atoms with Crippen LogP contribution in [0, 0.1) is 0 Å². The molecule has 0 radical (unpaired) electrons. The van der Waals surface area contributed by atoms with Gasteiger partial charge in [-0.25, -0.2) is 0 Å². The maximum atomic E-state index is 12.1. The van der Waals surface area contributed by atoms with Gasteiger partial charge in [-0.05, 0) is 38.4 Å². The number of nitrogens with zero attached hydrogens (tertiary/aromatic N) is 1. The van der Waals surface area contributed by atoms with Gasteiger partial charge in [-0.3, -0.25) is 4.79 Å². The number of carbonyl (C=O) groups excluding carboxylic acids is 1. The quantitative estimate of drug-likeness (QED) is 0.730. The van der Waals surface area contributed by atoms with Crippen LogP contribution in [0.5, 0.6) is 0 Å². The predicted molar refractivity (Wildman–Crippen MR) is 80.2 cm³/mol. The summed E-state index contributed by atoms with van der Waals surface area (Å²) in [5.41, 5.74) is 1.30. The standard InChI is InChI=1S/C16H26N2O/c1-4-15(13-14-9-6-5-7-10-14)18(3)16(19)11-8-12-17-2/h5-7,9-10,15,17H,4,8,11-13H2,1-3H3. The molecule has 1 aromatic carbocycles. The number of nitrogens with one attached hydrogen (secondary N) is 1. The van der Waals surface area contributed by atoms with E-state index in [2.05, 4.69) is 36.5 Å². The molecular weight excluding hydrogens is 236 g/mol. The zero-order chi connectivity index (χ0) is 14.1. The Morgan fingerprint density at radius 3 is 2.58 bits per heavy atom. The van der Waals surface area contributed by atoms with Crippen molar-refractivity contribution in [2.45, 2.75) is 38.6 Å². The molecule has 1 aromatic rings.